The molecule has 0 aromatic heterocycles. The van der Waals surface area contributed by atoms with E-state index in [-0.39, 0.29) is 17.6 Å². The highest BCUT2D eigenvalue weighted by Crippen LogP contribution is 2.28. The minimum Gasteiger partial charge on any atom is -0.493 e. The van der Waals surface area contributed by atoms with Crippen LogP contribution in [0.3, 0.4) is 0 Å². The van der Waals surface area contributed by atoms with Gasteiger partial charge in [-0.3, -0.25) is 9.59 Å². The highest BCUT2D eigenvalue weighted by molar-refractivity contribution is 5.91. The number of rotatable bonds is 12. The molecule has 0 saturated heterocycles. The first-order valence-corrected chi connectivity index (χ1v) is 12.8. The molecule has 5 heteroatoms. The van der Waals surface area contributed by atoms with Crippen LogP contribution in [0.4, 0.5) is 0 Å². The smallest absolute Gasteiger partial charge is 0.160 e. The number of carbonyl (C=O) groups excluding carboxylic acids is 2. The van der Waals surface area contributed by atoms with Crippen LogP contribution in [0.2, 0.25) is 0 Å². The first kappa shape index (κ1) is 25.3. The van der Waals surface area contributed by atoms with Gasteiger partial charge in [0.15, 0.2) is 17.3 Å². The van der Waals surface area contributed by atoms with Crippen molar-refractivity contribution in [3.8, 4) is 11.5 Å². The molecule has 2 fully saturated rings. The van der Waals surface area contributed by atoms with Crippen LogP contribution in [-0.4, -0.2) is 43.8 Å². The van der Waals surface area contributed by atoms with Crippen LogP contribution < -0.4 is 9.47 Å². The molecular formula is C28H41NO4. The predicted octanol–water partition coefficient (Wildman–Crippen LogP) is 5.75. The van der Waals surface area contributed by atoms with E-state index in [1.165, 1.54) is 25.7 Å². The Kier molecular flexibility index (Phi) is 10.3. The molecule has 0 N–H and O–H groups in total. The molecule has 5 nitrogen and oxygen atoms in total. The summed E-state index contributed by atoms with van der Waals surface area (Å²) in [5.41, 5.74) is 1.14. The van der Waals surface area contributed by atoms with Gasteiger partial charge >= 0.3 is 0 Å². The van der Waals surface area contributed by atoms with Crippen LogP contribution in [0.5, 0.6) is 11.5 Å². The molecule has 1 aromatic rings. The lowest BCUT2D eigenvalue weighted by molar-refractivity contribution is -0.124. The minimum absolute atomic E-state index is 0.173. The van der Waals surface area contributed by atoms with E-state index in [1.807, 2.05) is 24.4 Å². The van der Waals surface area contributed by atoms with Crippen LogP contribution in [0, 0.1) is 11.8 Å². The molecular weight excluding hydrogens is 414 g/mol. The van der Waals surface area contributed by atoms with Gasteiger partial charge in [-0.2, -0.15) is 0 Å². The predicted molar refractivity (Wildman–Crippen MR) is 132 cm³/mol. The zero-order valence-corrected chi connectivity index (χ0v) is 20.5. The number of nitrogens with zero attached hydrogens (tertiary/aromatic N) is 1. The monoisotopic (exact) mass is 455 g/mol. The Morgan fingerprint density at radius 1 is 0.879 bits per heavy atom. The van der Waals surface area contributed by atoms with Crippen molar-refractivity contribution < 1.29 is 19.1 Å². The molecule has 0 spiro atoms. The largest absolute Gasteiger partial charge is 0.493 e. The zero-order valence-electron chi connectivity index (χ0n) is 20.5. The molecule has 2 saturated carbocycles. The van der Waals surface area contributed by atoms with Crippen LogP contribution in [-0.2, 0) is 16.0 Å². The average molecular weight is 456 g/mol. The molecule has 0 radical (unpaired) electrons. The Hall–Kier alpha value is -2.30. The molecule has 2 aliphatic carbocycles. The van der Waals surface area contributed by atoms with Crippen molar-refractivity contribution in [2.45, 2.75) is 77.0 Å². The van der Waals surface area contributed by atoms with Gasteiger partial charge in [-0.15, -0.1) is 0 Å². The van der Waals surface area contributed by atoms with E-state index >= 15 is 0 Å². The fraction of sp³-hybridized carbons (Fsp3) is 0.643. The van der Waals surface area contributed by atoms with E-state index in [0.29, 0.717) is 24.5 Å². The first-order chi connectivity index (χ1) is 16.1. The third kappa shape index (κ3) is 7.90. The molecule has 3 rings (SSSR count). The van der Waals surface area contributed by atoms with Gasteiger partial charge in [-0.05, 0) is 55.9 Å². The molecule has 0 heterocycles. The number of allylic oxidation sites excluding steroid dienone is 1. The van der Waals surface area contributed by atoms with Gasteiger partial charge in [0.2, 0.25) is 0 Å². The van der Waals surface area contributed by atoms with Crippen molar-refractivity contribution in [1.29, 1.82) is 0 Å². The van der Waals surface area contributed by atoms with Crippen LogP contribution in [0.25, 0.3) is 0 Å². The summed E-state index contributed by atoms with van der Waals surface area (Å²) in [6.45, 7) is 1.42. The summed E-state index contributed by atoms with van der Waals surface area (Å²) in [4.78, 5) is 27.6. The standard InChI is InChI=1S/C28H41NO4/c1-32-27-14-13-22(21-28(27)33-2)15-18-29(19-16-25(30)23-9-5-3-6-10-23)20-17-26(31)24-11-7-4-8-12-24/h13-14,16,19,21,23-24H,3-12,15,17-18,20H2,1-2H3/b19-16+. The third-order valence-electron chi connectivity index (χ3n) is 7.30. The summed E-state index contributed by atoms with van der Waals surface area (Å²) in [5.74, 6) is 2.47. The van der Waals surface area contributed by atoms with Gasteiger partial charge in [0, 0.05) is 37.5 Å². The zero-order chi connectivity index (χ0) is 23.5. The number of hydrogen-bond donors (Lipinski definition) is 0. The second kappa shape index (κ2) is 13.4. The van der Waals surface area contributed by atoms with E-state index in [1.54, 1.807) is 20.3 Å². The SMILES string of the molecule is COc1ccc(CCN(/C=C/C(=O)C2CCCCC2)CCC(=O)C2CCCCC2)cc1OC. The van der Waals surface area contributed by atoms with Crippen molar-refractivity contribution in [3.63, 3.8) is 0 Å². The van der Waals surface area contributed by atoms with Gasteiger partial charge in [-0.1, -0.05) is 44.6 Å². The summed E-state index contributed by atoms with van der Waals surface area (Å²) in [7, 11) is 3.28. The maximum atomic E-state index is 12.8. The summed E-state index contributed by atoms with van der Waals surface area (Å²) < 4.78 is 10.8. The van der Waals surface area contributed by atoms with Gasteiger partial charge in [0.1, 0.15) is 5.78 Å². The molecule has 33 heavy (non-hydrogen) atoms. The Balaban J connectivity index is 1.61. The molecule has 182 valence electrons. The molecule has 2 aliphatic rings. The lowest BCUT2D eigenvalue weighted by atomic mass is 9.85. The maximum absolute atomic E-state index is 12.8. The van der Waals surface area contributed by atoms with Crippen LogP contribution >= 0.6 is 0 Å². The van der Waals surface area contributed by atoms with Gasteiger partial charge < -0.3 is 14.4 Å². The topological polar surface area (TPSA) is 55.8 Å². The Morgan fingerprint density at radius 2 is 1.52 bits per heavy atom. The van der Waals surface area contributed by atoms with Crippen LogP contribution in [0.1, 0.15) is 76.2 Å². The minimum atomic E-state index is 0.173. The Bertz CT molecular complexity index is 791. The first-order valence-electron chi connectivity index (χ1n) is 12.8. The lowest BCUT2D eigenvalue weighted by Crippen LogP contribution is -2.27. The van der Waals surface area contributed by atoms with Crippen molar-refractivity contribution in [2.75, 3.05) is 27.3 Å². The van der Waals surface area contributed by atoms with Crippen molar-refractivity contribution in [3.05, 3.63) is 36.0 Å². The second-order valence-electron chi connectivity index (χ2n) is 9.58. The number of ether oxygens (including phenoxy) is 2. The fourth-order valence-corrected chi connectivity index (χ4v) is 5.15. The second-order valence-corrected chi connectivity index (χ2v) is 9.58. The fourth-order valence-electron chi connectivity index (χ4n) is 5.15. The van der Waals surface area contributed by atoms with E-state index in [2.05, 4.69) is 4.90 Å². The highest BCUT2D eigenvalue weighted by Gasteiger charge is 2.22. The highest BCUT2D eigenvalue weighted by atomic mass is 16.5. The summed E-state index contributed by atoms with van der Waals surface area (Å²) in [6, 6.07) is 5.97. The number of ketones is 2. The molecule has 0 bridgehead atoms. The summed E-state index contributed by atoms with van der Waals surface area (Å²) in [5, 5.41) is 0. The Labute approximate surface area is 199 Å². The van der Waals surface area contributed by atoms with Crippen molar-refractivity contribution in [2.24, 2.45) is 11.8 Å². The quantitative estimate of drug-likeness (QED) is 0.376. The average Bonchev–Trinajstić information content (AvgIpc) is 2.88. The lowest BCUT2D eigenvalue weighted by Gasteiger charge is -2.24. The Morgan fingerprint density at radius 3 is 2.15 bits per heavy atom. The normalized spacial score (nSPS) is 17.8. The molecule has 0 atom stereocenters. The van der Waals surface area contributed by atoms with E-state index < -0.39 is 0 Å². The number of carbonyl (C=O) groups is 2. The van der Waals surface area contributed by atoms with Gasteiger partial charge in [0.25, 0.3) is 0 Å². The number of Topliss-reactive ketones (excluding diaryl/α,β-unsaturated/α-hetero) is 1. The van der Waals surface area contributed by atoms with Crippen LogP contribution in [0.15, 0.2) is 30.5 Å². The van der Waals surface area contributed by atoms with Crippen molar-refractivity contribution >= 4 is 11.6 Å². The van der Waals surface area contributed by atoms with Crippen molar-refractivity contribution in [1.82, 2.24) is 4.90 Å². The molecule has 0 unspecified atom stereocenters. The maximum Gasteiger partial charge on any atom is 0.160 e. The number of methoxy groups -OCH3 is 2. The summed E-state index contributed by atoms with van der Waals surface area (Å²) in [6.07, 6.45) is 16.3. The summed E-state index contributed by atoms with van der Waals surface area (Å²) >= 11 is 0. The van der Waals surface area contributed by atoms with E-state index in [9.17, 15) is 9.59 Å². The van der Waals surface area contributed by atoms with Gasteiger partial charge in [-0.25, -0.2) is 0 Å². The molecule has 1 aromatic carbocycles. The van der Waals surface area contributed by atoms with E-state index in [4.69, 9.17) is 9.47 Å². The van der Waals surface area contributed by atoms with Gasteiger partial charge in [0.05, 0.1) is 14.2 Å². The van der Waals surface area contributed by atoms with E-state index in [0.717, 1.165) is 62.8 Å². The number of hydrogen-bond acceptors (Lipinski definition) is 5. The third-order valence-corrected chi connectivity index (χ3v) is 7.30. The molecule has 0 amide bonds. The molecule has 0 aliphatic heterocycles. The number of benzene rings is 1.